The zero-order valence-corrected chi connectivity index (χ0v) is 14.4. The van der Waals surface area contributed by atoms with Crippen molar-refractivity contribution in [1.82, 2.24) is 24.5 Å². The van der Waals surface area contributed by atoms with Crippen molar-refractivity contribution in [2.45, 2.75) is 19.9 Å². The highest BCUT2D eigenvalue weighted by Gasteiger charge is 2.08. The molecule has 0 aliphatic carbocycles. The Labute approximate surface area is 143 Å². The lowest BCUT2D eigenvalue weighted by Gasteiger charge is -2.12. The van der Waals surface area contributed by atoms with Crippen molar-refractivity contribution in [3.05, 3.63) is 53.7 Å². The molecule has 0 radical (unpaired) electrons. The second-order valence-corrected chi connectivity index (χ2v) is 6.07. The van der Waals surface area contributed by atoms with Gasteiger partial charge in [0.15, 0.2) is 0 Å². The van der Waals surface area contributed by atoms with Crippen molar-refractivity contribution in [2.75, 3.05) is 11.9 Å². The fraction of sp³-hybridized carbons (Fsp3) is 0.250. The van der Waals surface area contributed by atoms with Gasteiger partial charge in [-0.25, -0.2) is 15.0 Å². The van der Waals surface area contributed by atoms with E-state index in [0.29, 0.717) is 0 Å². The van der Waals surface area contributed by atoms with E-state index in [1.165, 1.54) is 0 Å². The SMILES string of the molecule is Cc1ncc(-c2cncc(Br)c2)c(NCCCn2ccnc2)n1. The monoisotopic (exact) mass is 372 g/mol. The Bertz CT molecular complexity index is 772. The molecule has 0 aliphatic rings. The molecule has 0 fully saturated rings. The van der Waals surface area contributed by atoms with Crippen LogP contribution in [0, 0.1) is 6.92 Å². The van der Waals surface area contributed by atoms with Crippen molar-refractivity contribution in [2.24, 2.45) is 0 Å². The summed E-state index contributed by atoms with van der Waals surface area (Å²) in [6.45, 7) is 3.63. The average Bonchev–Trinajstić information content (AvgIpc) is 3.05. The van der Waals surface area contributed by atoms with Crippen LogP contribution < -0.4 is 5.32 Å². The molecule has 118 valence electrons. The van der Waals surface area contributed by atoms with Crippen LogP contribution in [0.3, 0.4) is 0 Å². The molecule has 0 atom stereocenters. The Balaban J connectivity index is 1.71. The van der Waals surface area contributed by atoms with Crippen LogP contribution in [0.1, 0.15) is 12.2 Å². The van der Waals surface area contributed by atoms with Crippen molar-refractivity contribution in [3.63, 3.8) is 0 Å². The molecule has 0 amide bonds. The summed E-state index contributed by atoms with van der Waals surface area (Å²) in [6, 6.07) is 2.01. The van der Waals surface area contributed by atoms with Crippen LogP contribution in [-0.4, -0.2) is 31.0 Å². The summed E-state index contributed by atoms with van der Waals surface area (Å²) in [6.07, 6.45) is 12.0. The van der Waals surface area contributed by atoms with Gasteiger partial charge in [-0.05, 0) is 35.3 Å². The van der Waals surface area contributed by atoms with Gasteiger partial charge >= 0.3 is 0 Å². The number of nitrogens with zero attached hydrogens (tertiary/aromatic N) is 5. The number of anilines is 1. The maximum Gasteiger partial charge on any atom is 0.137 e. The summed E-state index contributed by atoms with van der Waals surface area (Å²) in [5, 5.41) is 3.41. The van der Waals surface area contributed by atoms with Crippen molar-refractivity contribution < 1.29 is 0 Å². The number of hydrogen-bond donors (Lipinski definition) is 1. The average molecular weight is 373 g/mol. The normalized spacial score (nSPS) is 10.7. The summed E-state index contributed by atoms with van der Waals surface area (Å²) in [7, 11) is 0. The fourth-order valence-corrected chi connectivity index (χ4v) is 2.63. The lowest BCUT2D eigenvalue weighted by Crippen LogP contribution is -2.09. The minimum Gasteiger partial charge on any atom is -0.369 e. The third-order valence-corrected chi connectivity index (χ3v) is 3.80. The first-order valence-corrected chi connectivity index (χ1v) is 8.16. The first kappa shape index (κ1) is 15.6. The summed E-state index contributed by atoms with van der Waals surface area (Å²) >= 11 is 3.45. The molecule has 0 saturated carbocycles. The maximum absolute atomic E-state index is 4.53. The predicted molar refractivity (Wildman–Crippen MR) is 93.0 cm³/mol. The number of rotatable bonds is 6. The number of aromatic nitrogens is 5. The second-order valence-electron chi connectivity index (χ2n) is 5.15. The highest BCUT2D eigenvalue weighted by molar-refractivity contribution is 9.10. The third-order valence-electron chi connectivity index (χ3n) is 3.37. The molecular weight excluding hydrogens is 356 g/mol. The topological polar surface area (TPSA) is 68.5 Å². The van der Waals surface area contributed by atoms with Gasteiger partial charge in [0.05, 0.1) is 6.33 Å². The highest BCUT2D eigenvalue weighted by Crippen LogP contribution is 2.27. The highest BCUT2D eigenvalue weighted by atomic mass is 79.9. The zero-order chi connectivity index (χ0) is 16.1. The molecule has 3 aromatic heterocycles. The van der Waals surface area contributed by atoms with Gasteiger partial charge in [0.1, 0.15) is 11.6 Å². The Morgan fingerprint density at radius 3 is 2.91 bits per heavy atom. The van der Waals surface area contributed by atoms with Gasteiger partial charge in [-0.3, -0.25) is 4.98 Å². The lowest BCUT2D eigenvalue weighted by molar-refractivity contribution is 0.660. The molecule has 0 aliphatic heterocycles. The molecule has 7 heteroatoms. The number of aryl methyl sites for hydroxylation is 2. The van der Waals surface area contributed by atoms with Gasteiger partial charge in [-0.1, -0.05) is 0 Å². The number of imidazole rings is 1. The van der Waals surface area contributed by atoms with Gasteiger partial charge in [0.25, 0.3) is 0 Å². The van der Waals surface area contributed by atoms with Crippen LogP contribution >= 0.6 is 15.9 Å². The van der Waals surface area contributed by atoms with Crippen LogP contribution in [0.5, 0.6) is 0 Å². The van der Waals surface area contributed by atoms with Crippen LogP contribution in [0.25, 0.3) is 11.1 Å². The number of pyridine rings is 1. The molecule has 3 rings (SSSR count). The van der Waals surface area contributed by atoms with E-state index in [4.69, 9.17) is 0 Å². The zero-order valence-electron chi connectivity index (χ0n) is 12.8. The molecule has 6 nitrogen and oxygen atoms in total. The van der Waals surface area contributed by atoms with E-state index in [9.17, 15) is 0 Å². The Morgan fingerprint density at radius 1 is 1.22 bits per heavy atom. The standard InChI is InChI=1S/C16H17BrN6/c1-12-21-10-15(13-7-14(17)9-19-8-13)16(22-12)20-3-2-5-23-6-4-18-11-23/h4,6-11H,2-3,5H2,1H3,(H,20,21,22). The van der Waals surface area contributed by atoms with E-state index in [-0.39, 0.29) is 0 Å². The molecule has 3 aromatic rings. The van der Waals surface area contributed by atoms with Gasteiger partial charge < -0.3 is 9.88 Å². The van der Waals surface area contributed by atoms with Crippen LogP contribution in [0.15, 0.2) is 47.9 Å². The lowest BCUT2D eigenvalue weighted by atomic mass is 10.1. The molecule has 23 heavy (non-hydrogen) atoms. The van der Waals surface area contributed by atoms with Crippen molar-refractivity contribution in [3.8, 4) is 11.1 Å². The maximum atomic E-state index is 4.53. The predicted octanol–water partition coefficient (Wildman–Crippen LogP) is 3.31. The van der Waals surface area contributed by atoms with E-state index in [1.54, 1.807) is 12.4 Å². The van der Waals surface area contributed by atoms with E-state index in [0.717, 1.165) is 46.8 Å². The van der Waals surface area contributed by atoms with Crippen LogP contribution in [0.4, 0.5) is 5.82 Å². The Hall–Kier alpha value is -2.28. The molecule has 0 bridgehead atoms. The van der Waals surface area contributed by atoms with E-state index in [1.807, 2.05) is 37.9 Å². The number of nitrogens with one attached hydrogen (secondary N) is 1. The fourth-order valence-electron chi connectivity index (χ4n) is 2.26. The minimum atomic E-state index is 0.744. The van der Waals surface area contributed by atoms with Crippen molar-refractivity contribution in [1.29, 1.82) is 0 Å². The largest absolute Gasteiger partial charge is 0.369 e. The molecule has 0 saturated heterocycles. The molecule has 1 N–H and O–H groups in total. The quantitative estimate of drug-likeness (QED) is 0.672. The first-order valence-electron chi connectivity index (χ1n) is 7.36. The van der Waals surface area contributed by atoms with Crippen molar-refractivity contribution >= 4 is 21.7 Å². The molecular formula is C16H17BrN6. The van der Waals surface area contributed by atoms with Gasteiger partial charge in [0, 0.05) is 59.7 Å². The Morgan fingerprint density at radius 2 is 2.13 bits per heavy atom. The number of halogens is 1. The van der Waals surface area contributed by atoms with E-state index in [2.05, 4.69) is 45.7 Å². The van der Waals surface area contributed by atoms with E-state index < -0.39 is 0 Å². The van der Waals surface area contributed by atoms with E-state index >= 15 is 0 Å². The molecule has 0 unspecified atom stereocenters. The molecule has 3 heterocycles. The van der Waals surface area contributed by atoms with Gasteiger partial charge in [0.2, 0.25) is 0 Å². The van der Waals surface area contributed by atoms with Crippen LogP contribution in [-0.2, 0) is 6.54 Å². The summed E-state index contributed by atoms with van der Waals surface area (Å²) in [4.78, 5) is 17.1. The van der Waals surface area contributed by atoms with Gasteiger partial charge in [-0.15, -0.1) is 0 Å². The Kier molecular flexibility index (Phi) is 4.97. The smallest absolute Gasteiger partial charge is 0.137 e. The molecule has 0 aromatic carbocycles. The first-order chi connectivity index (χ1) is 11.2. The summed E-state index contributed by atoms with van der Waals surface area (Å²) < 4.78 is 2.99. The van der Waals surface area contributed by atoms with Crippen LogP contribution in [0.2, 0.25) is 0 Å². The summed E-state index contributed by atoms with van der Waals surface area (Å²) in [5.41, 5.74) is 1.93. The minimum absolute atomic E-state index is 0.744. The number of hydrogen-bond acceptors (Lipinski definition) is 5. The second kappa shape index (κ2) is 7.32. The van der Waals surface area contributed by atoms with Gasteiger partial charge in [-0.2, -0.15) is 0 Å². The summed E-state index contributed by atoms with van der Waals surface area (Å²) in [5.74, 6) is 1.58. The third kappa shape index (κ3) is 4.13. The molecule has 0 spiro atoms.